The summed E-state index contributed by atoms with van der Waals surface area (Å²) in [4.78, 5) is 0.280. The lowest BCUT2D eigenvalue weighted by molar-refractivity contribution is 0.414. The lowest BCUT2D eigenvalue weighted by Crippen LogP contribution is -2.26. The van der Waals surface area contributed by atoms with Gasteiger partial charge in [0.2, 0.25) is 10.0 Å². The van der Waals surface area contributed by atoms with Crippen LogP contribution in [0.1, 0.15) is 43.9 Å². The normalized spacial score (nSPS) is 13.1. The molecule has 5 heteroatoms. The maximum Gasteiger partial charge on any atom is 0.241 e. The van der Waals surface area contributed by atoms with Gasteiger partial charge in [-0.05, 0) is 48.2 Å². The fourth-order valence-corrected chi connectivity index (χ4v) is 3.53. The highest BCUT2D eigenvalue weighted by molar-refractivity contribution is 7.89. The van der Waals surface area contributed by atoms with Gasteiger partial charge in [0.25, 0.3) is 0 Å². The highest BCUT2D eigenvalue weighted by Crippen LogP contribution is 2.21. The molecule has 0 aromatic heterocycles. The Morgan fingerprint density at radius 1 is 0.870 bits per heavy atom. The summed E-state index contributed by atoms with van der Waals surface area (Å²) >= 11 is 0. The molecule has 23 heavy (non-hydrogen) atoms. The molecule has 0 aliphatic carbocycles. The van der Waals surface area contributed by atoms with E-state index in [-0.39, 0.29) is 10.9 Å². The Labute approximate surface area is 138 Å². The summed E-state index contributed by atoms with van der Waals surface area (Å²) in [7, 11) is -1.95. The molecule has 0 saturated heterocycles. The minimum Gasteiger partial charge on any atom is -0.497 e. The molecule has 2 aromatic carbocycles. The number of sulfonamides is 1. The van der Waals surface area contributed by atoms with Gasteiger partial charge < -0.3 is 4.74 Å². The zero-order chi connectivity index (χ0) is 17.0. The average Bonchev–Trinajstić information content (AvgIpc) is 2.54. The number of hydrogen-bond donors (Lipinski definition) is 1. The molecule has 2 aromatic rings. The van der Waals surface area contributed by atoms with E-state index >= 15 is 0 Å². The molecule has 0 heterocycles. The zero-order valence-electron chi connectivity index (χ0n) is 13.9. The van der Waals surface area contributed by atoms with Crippen molar-refractivity contribution in [3.05, 3.63) is 59.7 Å². The lowest BCUT2D eigenvalue weighted by Gasteiger charge is -2.15. The molecule has 0 fully saturated rings. The van der Waals surface area contributed by atoms with Crippen molar-refractivity contribution < 1.29 is 13.2 Å². The summed E-state index contributed by atoms with van der Waals surface area (Å²) in [6.45, 7) is 5.98. The lowest BCUT2D eigenvalue weighted by atomic mass is 10.0. The first-order chi connectivity index (χ1) is 10.8. The molecule has 0 aliphatic heterocycles. The van der Waals surface area contributed by atoms with Crippen molar-refractivity contribution in [1.82, 2.24) is 4.72 Å². The Bertz CT molecular complexity index is 735. The second-order valence-electron chi connectivity index (χ2n) is 5.84. The van der Waals surface area contributed by atoms with Crippen LogP contribution in [0, 0.1) is 0 Å². The van der Waals surface area contributed by atoms with Gasteiger partial charge in [-0.25, -0.2) is 13.1 Å². The second kappa shape index (κ2) is 7.15. The average molecular weight is 333 g/mol. The van der Waals surface area contributed by atoms with Crippen molar-refractivity contribution in [2.24, 2.45) is 0 Å². The maximum absolute atomic E-state index is 12.5. The van der Waals surface area contributed by atoms with Crippen LogP contribution in [0.15, 0.2) is 53.4 Å². The molecular formula is C18H23NO3S. The minimum atomic E-state index is -3.55. The smallest absolute Gasteiger partial charge is 0.241 e. The quantitative estimate of drug-likeness (QED) is 0.873. The van der Waals surface area contributed by atoms with Crippen molar-refractivity contribution in [2.45, 2.75) is 37.6 Å². The Balaban J connectivity index is 2.15. The third-order valence-corrected chi connectivity index (χ3v) is 5.36. The Kier molecular flexibility index (Phi) is 5.44. The molecule has 0 spiro atoms. The van der Waals surface area contributed by atoms with Crippen LogP contribution in [-0.4, -0.2) is 15.5 Å². The van der Waals surface area contributed by atoms with E-state index in [1.165, 1.54) is 0 Å². The Morgan fingerprint density at radius 2 is 1.39 bits per heavy atom. The van der Waals surface area contributed by atoms with Crippen LogP contribution in [0.5, 0.6) is 5.75 Å². The molecule has 0 bridgehead atoms. The summed E-state index contributed by atoms with van der Waals surface area (Å²) in [6, 6.07) is 14.0. The van der Waals surface area contributed by atoms with E-state index in [4.69, 9.17) is 4.74 Å². The molecule has 0 saturated carbocycles. The number of hydrogen-bond acceptors (Lipinski definition) is 3. The van der Waals surface area contributed by atoms with E-state index in [1.807, 2.05) is 43.3 Å². The van der Waals surface area contributed by atoms with E-state index < -0.39 is 10.0 Å². The molecule has 0 unspecified atom stereocenters. The van der Waals surface area contributed by atoms with Crippen LogP contribution < -0.4 is 9.46 Å². The second-order valence-corrected chi connectivity index (χ2v) is 7.55. The molecule has 2 rings (SSSR count). The number of nitrogens with one attached hydrogen (secondary N) is 1. The predicted octanol–water partition coefficient (Wildman–Crippen LogP) is 3.86. The van der Waals surface area contributed by atoms with Crippen molar-refractivity contribution in [3.8, 4) is 5.75 Å². The first-order valence-electron chi connectivity index (χ1n) is 7.59. The Morgan fingerprint density at radius 3 is 1.87 bits per heavy atom. The van der Waals surface area contributed by atoms with E-state index in [9.17, 15) is 8.42 Å². The van der Waals surface area contributed by atoms with Crippen LogP contribution in [0.25, 0.3) is 0 Å². The van der Waals surface area contributed by atoms with Crippen molar-refractivity contribution >= 4 is 10.0 Å². The van der Waals surface area contributed by atoms with Gasteiger partial charge in [0.05, 0.1) is 12.0 Å². The van der Waals surface area contributed by atoms with Crippen LogP contribution >= 0.6 is 0 Å². The van der Waals surface area contributed by atoms with Gasteiger partial charge in [0.1, 0.15) is 5.75 Å². The van der Waals surface area contributed by atoms with E-state index in [0.717, 1.165) is 16.9 Å². The first-order valence-corrected chi connectivity index (χ1v) is 9.08. The van der Waals surface area contributed by atoms with Gasteiger partial charge in [0.15, 0.2) is 0 Å². The molecule has 4 nitrogen and oxygen atoms in total. The number of ether oxygens (including phenoxy) is 1. The largest absolute Gasteiger partial charge is 0.497 e. The van der Waals surface area contributed by atoms with Gasteiger partial charge in [-0.15, -0.1) is 0 Å². The standard InChI is InChI=1S/C18H23NO3S/c1-13(2)15-7-11-18(12-8-15)23(20,21)19-14(3)16-5-9-17(22-4)10-6-16/h5-14,19H,1-4H3/t14-/m0/s1. The monoisotopic (exact) mass is 333 g/mol. The van der Waals surface area contributed by atoms with Crippen LogP contribution in [0.3, 0.4) is 0 Å². The Hall–Kier alpha value is -1.85. The van der Waals surface area contributed by atoms with E-state index in [1.54, 1.807) is 19.2 Å². The molecule has 0 amide bonds. The fraction of sp³-hybridized carbons (Fsp3) is 0.333. The van der Waals surface area contributed by atoms with Crippen LogP contribution in [-0.2, 0) is 10.0 Å². The first kappa shape index (κ1) is 17.5. The van der Waals surface area contributed by atoms with Gasteiger partial charge in [-0.2, -0.15) is 0 Å². The molecule has 1 N–H and O–H groups in total. The van der Waals surface area contributed by atoms with Gasteiger partial charge >= 0.3 is 0 Å². The summed E-state index contributed by atoms with van der Waals surface area (Å²) in [5, 5.41) is 0. The third-order valence-electron chi connectivity index (χ3n) is 3.80. The number of benzene rings is 2. The highest BCUT2D eigenvalue weighted by atomic mass is 32.2. The van der Waals surface area contributed by atoms with Gasteiger partial charge in [-0.1, -0.05) is 38.1 Å². The van der Waals surface area contributed by atoms with Crippen LogP contribution in [0.2, 0.25) is 0 Å². The topological polar surface area (TPSA) is 55.4 Å². The van der Waals surface area contributed by atoms with Crippen molar-refractivity contribution in [2.75, 3.05) is 7.11 Å². The summed E-state index contributed by atoms with van der Waals surface area (Å²) < 4.78 is 32.8. The maximum atomic E-state index is 12.5. The van der Waals surface area contributed by atoms with E-state index in [2.05, 4.69) is 18.6 Å². The SMILES string of the molecule is COc1ccc([C@H](C)NS(=O)(=O)c2ccc(C(C)C)cc2)cc1. The predicted molar refractivity (Wildman–Crippen MR) is 92.3 cm³/mol. The van der Waals surface area contributed by atoms with Gasteiger partial charge in [-0.3, -0.25) is 0 Å². The summed E-state index contributed by atoms with van der Waals surface area (Å²) in [5.41, 5.74) is 2.00. The zero-order valence-corrected chi connectivity index (χ0v) is 14.7. The number of methoxy groups -OCH3 is 1. The van der Waals surface area contributed by atoms with Crippen molar-refractivity contribution in [3.63, 3.8) is 0 Å². The fourth-order valence-electron chi connectivity index (χ4n) is 2.29. The number of rotatable bonds is 6. The highest BCUT2D eigenvalue weighted by Gasteiger charge is 2.18. The molecular weight excluding hydrogens is 310 g/mol. The third kappa shape index (κ3) is 4.33. The minimum absolute atomic E-state index is 0.280. The van der Waals surface area contributed by atoms with Gasteiger partial charge in [0, 0.05) is 6.04 Å². The van der Waals surface area contributed by atoms with Crippen molar-refractivity contribution in [1.29, 1.82) is 0 Å². The molecule has 0 aliphatic rings. The molecule has 1 atom stereocenters. The summed E-state index contributed by atoms with van der Waals surface area (Å²) in [6.07, 6.45) is 0. The molecule has 124 valence electrons. The van der Waals surface area contributed by atoms with Crippen LogP contribution in [0.4, 0.5) is 0 Å². The summed E-state index contributed by atoms with van der Waals surface area (Å²) in [5.74, 6) is 1.12. The molecule has 0 radical (unpaired) electrons. The van der Waals surface area contributed by atoms with E-state index in [0.29, 0.717) is 5.92 Å².